The van der Waals surface area contributed by atoms with Gasteiger partial charge in [-0.05, 0) is 25.6 Å². The van der Waals surface area contributed by atoms with E-state index < -0.39 is 0 Å². The zero-order valence-electron chi connectivity index (χ0n) is 11.4. The fourth-order valence-electron chi connectivity index (χ4n) is 1.18. The molecule has 0 atom stereocenters. The minimum Gasteiger partial charge on any atom is -0.316 e. The van der Waals surface area contributed by atoms with E-state index in [1.165, 1.54) is 0 Å². The lowest BCUT2D eigenvalue weighted by molar-refractivity contribution is 0.112. The summed E-state index contributed by atoms with van der Waals surface area (Å²) in [6.45, 7) is 10.7. The predicted molar refractivity (Wildman–Crippen MR) is 72.0 cm³/mol. The third kappa shape index (κ3) is 6.36. The van der Waals surface area contributed by atoms with Gasteiger partial charge in [-0.25, -0.2) is 0 Å². The lowest BCUT2D eigenvalue weighted by Gasteiger charge is -2.04. The van der Waals surface area contributed by atoms with Gasteiger partial charge in [0.2, 0.25) is 0 Å². The summed E-state index contributed by atoms with van der Waals surface area (Å²) in [6, 6.07) is 5.90. The van der Waals surface area contributed by atoms with Crippen molar-refractivity contribution >= 4 is 6.29 Å². The maximum absolute atomic E-state index is 10.6. The van der Waals surface area contributed by atoms with Crippen LogP contribution in [0.15, 0.2) is 18.2 Å². The molecule has 0 saturated carbocycles. The van der Waals surface area contributed by atoms with Gasteiger partial charge in [0.25, 0.3) is 0 Å². The Balaban J connectivity index is 0. The number of hydrogen-bond acceptors (Lipinski definition) is 2. The van der Waals surface area contributed by atoms with Gasteiger partial charge in [0.15, 0.2) is 0 Å². The molecule has 0 aliphatic carbocycles. The highest BCUT2D eigenvalue weighted by Gasteiger charge is 1.99. The number of aldehydes is 1. The summed E-state index contributed by atoms with van der Waals surface area (Å²) in [6.07, 6.45) is 0.902. The molecule has 0 radical (unpaired) electrons. The third-order valence-electron chi connectivity index (χ3n) is 1.80. The van der Waals surface area contributed by atoms with Crippen LogP contribution in [0, 0.1) is 6.92 Å². The van der Waals surface area contributed by atoms with Crippen LogP contribution in [0.2, 0.25) is 0 Å². The quantitative estimate of drug-likeness (QED) is 0.794. The maximum Gasteiger partial charge on any atom is 0.150 e. The van der Waals surface area contributed by atoms with Crippen LogP contribution in [-0.4, -0.2) is 13.3 Å². The van der Waals surface area contributed by atoms with E-state index in [4.69, 9.17) is 0 Å². The maximum atomic E-state index is 10.6. The highest BCUT2D eigenvalue weighted by molar-refractivity contribution is 5.77. The number of carbonyl (C=O) groups is 1. The molecule has 0 aliphatic heterocycles. The second kappa shape index (κ2) is 11.9. The van der Waals surface area contributed by atoms with Gasteiger partial charge >= 0.3 is 0 Å². The predicted octanol–water partition coefficient (Wildman–Crippen LogP) is 3.58. The van der Waals surface area contributed by atoms with Crippen molar-refractivity contribution in [3.8, 4) is 0 Å². The summed E-state index contributed by atoms with van der Waals surface area (Å²) in [5.74, 6) is 0. The van der Waals surface area contributed by atoms with Crippen LogP contribution in [0.4, 0.5) is 0 Å². The molecule has 2 nitrogen and oxygen atoms in total. The van der Waals surface area contributed by atoms with Crippen molar-refractivity contribution in [2.24, 2.45) is 0 Å². The second-order valence-corrected chi connectivity index (χ2v) is 2.85. The lowest BCUT2D eigenvalue weighted by atomic mass is 10.1. The SMILES string of the molecule is CC.CC.CNCc1ccc(C)cc1C=O. The normalized spacial score (nSPS) is 8.12. The summed E-state index contributed by atoms with van der Waals surface area (Å²) in [5.41, 5.74) is 2.96. The van der Waals surface area contributed by atoms with Gasteiger partial charge in [0.1, 0.15) is 6.29 Å². The molecule has 16 heavy (non-hydrogen) atoms. The zero-order chi connectivity index (χ0) is 13.0. The van der Waals surface area contributed by atoms with Crippen molar-refractivity contribution in [1.82, 2.24) is 5.32 Å². The molecule has 0 aliphatic rings. The van der Waals surface area contributed by atoms with Crippen molar-refractivity contribution in [3.63, 3.8) is 0 Å². The molecule has 0 aromatic heterocycles. The Morgan fingerprint density at radius 3 is 2.19 bits per heavy atom. The van der Waals surface area contributed by atoms with Gasteiger partial charge in [0.05, 0.1) is 0 Å². The van der Waals surface area contributed by atoms with Crippen LogP contribution in [0.3, 0.4) is 0 Å². The number of nitrogens with one attached hydrogen (secondary N) is 1. The van der Waals surface area contributed by atoms with Crippen molar-refractivity contribution in [2.75, 3.05) is 7.05 Å². The Morgan fingerprint density at radius 2 is 1.75 bits per heavy atom. The average Bonchev–Trinajstić information content (AvgIpc) is 2.36. The minimum atomic E-state index is 0.744. The molecule has 0 fully saturated rings. The van der Waals surface area contributed by atoms with Crippen LogP contribution >= 0.6 is 0 Å². The molecule has 1 aromatic carbocycles. The van der Waals surface area contributed by atoms with E-state index in [0.29, 0.717) is 0 Å². The first-order valence-electron chi connectivity index (χ1n) is 5.97. The van der Waals surface area contributed by atoms with E-state index in [0.717, 1.165) is 29.5 Å². The fourth-order valence-corrected chi connectivity index (χ4v) is 1.18. The highest BCUT2D eigenvalue weighted by Crippen LogP contribution is 2.08. The highest BCUT2D eigenvalue weighted by atomic mass is 16.1. The van der Waals surface area contributed by atoms with Gasteiger partial charge in [0, 0.05) is 12.1 Å². The van der Waals surface area contributed by atoms with Gasteiger partial charge in [-0.1, -0.05) is 45.4 Å². The van der Waals surface area contributed by atoms with Crippen LogP contribution in [0.5, 0.6) is 0 Å². The van der Waals surface area contributed by atoms with Gasteiger partial charge in [-0.15, -0.1) is 0 Å². The first-order chi connectivity index (χ1) is 7.77. The molecule has 1 aromatic rings. The number of carbonyl (C=O) groups excluding carboxylic acids is 1. The Bertz CT molecular complexity index is 282. The topological polar surface area (TPSA) is 29.1 Å². The number of hydrogen-bond donors (Lipinski definition) is 1. The largest absolute Gasteiger partial charge is 0.316 e. The standard InChI is InChI=1S/C10H13NO.2C2H6/c1-8-3-4-9(6-11-2)10(5-8)7-12;2*1-2/h3-5,7,11H,6H2,1-2H3;2*1-2H3. The van der Waals surface area contributed by atoms with Crippen LogP contribution < -0.4 is 5.32 Å². The summed E-state index contributed by atoms with van der Waals surface area (Å²) in [4.78, 5) is 10.6. The van der Waals surface area contributed by atoms with E-state index in [9.17, 15) is 4.79 Å². The van der Waals surface area contributed by atoms with E-state index in [1.54, 1.807) is 0 Å². The number of aryl methyl sites for hydroxylation is 1. The monoisotopic (exact) mass is 223 g/mol. The molecular formula is C14H25NO. The van der Waals surface area contributed by atoms with E-state index in [-0.39, 0.29) is 0 Å². The Morgan fingerprint density at radius 1 is 1.19 bits per heavy atom. The van der Waals surface area contributed by atoms with Crippen LogP contribution in [-0.2, 0) is 6.54 Å². The average molecular weight is 223 g/mol. The van der Waals surface area contributed by atoms with Gasteiger partial charge in [-0.3, -0.25) is 4.79 Å². The molecule has 0 amide bonds. The molecule has 0 heterocycles. The lowest BCUT2D eigenvalue weighted by Crippen LogP contribution is -2.07. The van der Waals surface area contributed by atoms with Gasteiger partial charge in [-0.2, -0.15) is 0 Å². The van der Waals surface area contributed by atoms with Crippen molar-refractivity contribution in [1.29, 1.82) is 0 Å². The second-order valence-electron chi connectivity index (χ2n) is 2.85. The first-order valence-corrected chi connectivity index (χ1v) is 5.97. The molecule has 0 saturated heterocycles. The molecule has 1 rings (SSSR count). The number of rotatable bonds is 3. The van der Waals surface area contributed by atoms with E-state index >= 15 is 0 Å². The Hall–Kier alpha value is -1.15. The van der Waals surface area contributed by atoms with Gasteiger partial charge < -0.3 is 5.32 Å². The summed E-state index contributed by atoms with van der Waals surface area (Å²) in [7, 11) is 1.87. The Kier molecular flexibility index (Phi) is 12.9. The Labute approximate surface area is 100 Å². The molecule has 0 spiro atoms. The fraction of sp³-hybridized carbons (Fsp3) is 0.500. The van der Waals surface area contributed by atoms with Crippen LogP contribution in [0.25, 0.3) is 0 Å². The number of benzene rings is 1. The van der Waals surface area contributed by atoms with Crippen LogP contribution in [0.1, 0.15) is 49.2 Å². The summed E-state index contributed by atoms with van der Waals surface area (Å²) < 4.78 is 0. The molecule has 1 N–H and O–H groups in total. The molecule has 92 valence electrons. The molecule has 2 heteroatoms. The van der Waals surface area contributed by atoms with Crippen molar-refractivity contribution in [3.05, 3.63) is 34.9 Å². The van der Waals surface area contributed by atoms with E-state index in [2.05, 4.69) is 5.32 Å². The summed E-state index contributed by atoms with van der Waals surface area (Å²) in [5, 5.41) is 3.02. The first kappa shape index (κ1) is 17.3. The smallest absolute Gasteiger partial charge is 0.150 e. The molecular weight excluding hydrogens is 198 g/mol. The third-order valence-corrected chi connectivity index (χ3v) is 1.80. The minimum absolute atomic E-state index is 0.744. The van der Waals surface area contributed by atoms with E-state index in [1.807, 2.05) is 59.9 Å². The van der Waals surface area contributed by atoms with Crippen molar-refractivity contribution in [2.45, 2.75) is 41.2 Å². The van der Waals surface area contributed by atoms with Crippen molar-refractivity contribution < 1.29 is 4.79 Å². The molecule has 0 bridgehead atoms. The molecule has 0 unspecified atom stereocenters. The summed E-state index contributed by atoms with van der Waals surface area (Å²) >= 11 is 0. The zero-order valence-corrected chi connectivity index (χ0v) is 11.4.